The molecular weight excluding hydrogens is 252 g/mol. The Hall–Kier alpha value is -1.52. The summed E-state index contributed by atoms with van der Waals surface area (Å²) >= 11 is 0. The third-order valence-corrected chi connectivity index (χ3v) is 3.84. The maximum Gasteiger partial charge on any atom is 0.273 e. The zero-order valence-electron chi connectivity index (χ0n) is 13.4. The Morgan fingerprint density at radius 1 is 1.20 bits per heavy atom. The van der Waals surface area contributed by atoms with E-state index in [0.29, 0.717) is 35.7 Å². The fourth-order valence-electron chi connectivity index (χ4n) is 2.51. The lowest BCUT2D eigenvalue weighted by molar-refractivity contribution is 0.0933. The van der Waals surface area contributed by atoms with Gasteiger partial charge in [0, 0.05) is 6.54 Å². The topological polar surface area (TPSA) is 83.8 Å². The van der Waals surface area contributed by atoms with Crippen LogP contribution in [0.25, 0.3) is 0 Å². The van der Waals surface area contributed by atoms with Crippen LogP contribution in [0, 0.1) is 17.8 Å². The highest BCUT2D eigenvalue weighted by Crippen LogP contribution is 2.23. The summed E-state index contributed by atoms with van der Waals surface area (Å²) < 4.78 is 0. The van der Waals surface area contributed by atoms with Gasteiger partial charge in [0.2, 0.25) is 0 Å². The van der Waals surface area contributed by atoms with Gasteiger partial charge in [0.05, 0.1) is 11.4 Å². The molecule has 5 heteroatoms. The molecule has 0 radical (unpaired) electrons. The van der Waals surface area contributed by atoms with Gasteiger partial charge in [0.25, 0.3) is 5.91 Å². The molecule has 0 saturated carbocycles. The van der Waals surface area contributed by atoms with Gasteiger partial charge in [-0.15, -0.1) is 0 Å². The third-order valence-electron chi connectivity index (χ3n) is 3.84. The molecule has 1 aromatic heterocycles. The molecule has 1 aromatic rings. The minimum atomic E-state index is -0.197. The number of aromatic amines is 1. The van der Waals surface area contributed by atoms with Crippen molar-refractivity contribution in [3.8, 4) is 0 Å². The quantitative estimate of drug-likeness (QED) is 0.749. The summed E-state index contributed by atoms with van der Waals surface area (Å²) in [7, 11) is 0. The summed E-state index contributed by atoms with van der Waals surface area (Å²) in [5.41, 5.74) is 7.56. The third kappa shape index (κ3) is 3.74. The summed E-state index contributed by atoms with van der Waals surface area (Å²) in [5.74, 6) is 1.53. The van der Waals surface area contributed by atoms with Crippen molar-refractivity contribution in [1.82, 2.24) is 15.5 Å². The molecule has 4 N–H and O–H groups in total. The van der Waals surface area contributed by atoms with Crippen LogP contribution in [0.1, 0.15) is 63.6 Å². The van der Waals surface area contributed by atoms with E-state index in [1.165, 1.54) is 0 Å². The number of nitrogens with one attached hydrogen (secondary N) is 2. The van der Waals surface area contributed by atoms with Crippen LogP contribution in [0.15, 0.2) is 0 Å². The van der Waals surface area contributed by atoms with Crippen LogP contribution in [0.5, 0.6) is 0 Å². The van der Waals surface area contributed by atoms with Gasteiger partial charge in [-0.3, -0.25) is 9.89 Å². The lowest BCUT2D eigenvalue weighted by Gasteiger charge is -2.24. The Morgan fingerprint density at radius 3 is 2.15 bits per heavy atom. The number of rotatable bonds is 6. The van der Waals surface area contributed by atoms with E-state index in [1.807, 2.05) is 13.8 Å². The zero-order valence-corrected chi connectivity index (χ0v) is 13.4. The van der Waals surface area contributed by atoms with E-state index in [1.54, 1.807) is 0 Å². The van der Waals surface area contributed by atoms with Crippen molar-refractivity contribution in [3.63, 3.8) is 0 Å². The van der Waals surface area contributed by atoms with Crippen LogP contribution in [-0.4, -0.2) is 22.6 Å². The molecule has 0 fully saturated rings. The summed E-state index contributed by atoms with van der Waals surface area (Å²) in [6.45, 7) is 13.4. The van der Waals surface area contributed by atoms with Crippen molar-refractivity contribution in [1.29, 1.82) is 0 Å². The van der Waals surface area contributed by atoms with Crippen molar-refractivity contribution in [2.75, 3.05) is 12.3 Å². The van der Waals surface area contributed by atoms with Gasteiger partial charge in [-0.2, -0.15) is 5.10 Å². The summed E-state index contributed by atoms with van der Waals surface area (Å²) in [6.07, 6.45) is 0. The maximum atomic E-state index is 12.2. The first kappa shape index (κ1) is 16.5. The highest BCUT2D eigenvalue weighted by atomic mass is 16.1. The van der Waals surface area contributed by atoms with Gasteiger partial charge in [0.1, 0.15) is 0 Å². The number of H-pyrrole nitrogens is 1. The molecule has 1 heterocycles. The largest absolute Gasteiger partial charge is 0.395 e. The standard InChI is InChI=1S/C15H28N4O/c1-8(2)11(9(3)4)7-17-15(20)14-12(16)13(10(5)6)18-19-14/h8-11H,7,16H2,1-6H3,(H,17,20)(H,18,19). The number of carbonyl (C=O) groups excluding carboxylic acids is 1. The number of hydrogen-bond acceptors (Lipinski definition) is 3. The molecule has 114 valence electrons. The van der Waals surface area contributed by atoms with Crippen molar-refractivity contribution < 1.29 is 4.79 Å². The second kappa shape index (κ2) is 6.77. The molecule has 1 rings (SSSR count). The highest BCUT2D eigenvalue weighted by molar-refractivity contribution is 5.97. The van der Waals surface area contributed by atoms with Gasteiger partial charge in [-0.05, 0) is 23.7 Å². The fourth-order valence-corrected chi connectivity index (χ4v) is 2.51. The summed E-state index contributed by atoms with van der Waals surface area (Å²) in [6, 6.07) is 0. The molecule has 0 aliphatic rings. The van der Waals surface area contributed by atoms with Crippen LogP contribution < -0.4 is 11.1 Å². The molecule has 0 spiro atoms. The van der Waals surface area contributed by atoms with Gasteiger partial charge in [-0.1, -0.05) is 41.5 Å². The number of carbonyl (C=O) groups is 1. The number of aromatic nitrogens is 2. The smallest absolute Gasteiger partial charge is 0.273 e. The lowest BCUT2D eigenvalue weighted by Crippen LogP contribution is -2.34. The highest BCUT2D eigenvalue weighted by Gasteiger charge is 2.22. The molecule has 20 heavy (non-hydrogen) atoms. The Kier molecular flexibility index (Phi) is 5.60. The Morgan fingerprint density at radius 2 is 1.75 bits per heavy atom. The average Bonchev–Trinajstić information content (AvgIpc) is 2.70. The van der Waals surface area contributed by atoms with Crippen molar-refractivity contribution in [2.24, 2.45) is 17.8 Å². The first-order valence-corrected chi connectivity index (χ1v) is 7.37. The first-order chi connectivity index (χ1) is 9.25. The molecule has 0 atom stereocenters. The summed E-state index contributed by atoms with van der Waals surface area (Å²) in [5, 5.41) is 9.85. The molecule has 0 aliphatic carbocycles. The van der Waals surface area contributed by atoms with Gasteiger partial charge in [-0.25, -0.2) is 0 Å². The Balaban J connectivity index is 2.72. The maximum absolute atomic E-state index is 12.2. The van der Waals surface area contributed by atoms with E-state index in [-0.39, 0.29) is 11.8 Å². The number of hydrogen-bond donors (Lipinski definition) is 3. The predicted octanol–water partition coefficient (Wildman–Crippen LogP) is 2.77. The monoisotopic (exact) mass is 280 g/mol. The van der Waals surface area contributed by atoms with Gasteiger partial charge in [0.15, 0.2) is 5.69 Å². The Bertz CT molecular complexity index is 441. The number of nitrogen functional groups attached to an aromatic ring is 1. The molecule has 0 aliphatic heterocycles. The van der Waals surface area contributed by atoms with E-state index >= 15 is 0 Å². The lowest BCUT2D eigenvalue weighted by atomic mass is 9.85. The molecule has 0 saturated heterocycles. The van der Waals surface area contributed by atoms with Crippen LogP contribution >= 0.6 is 0 Å². The van der Waals surface area contributed by atoms with E-state index in [9.17, 15) is 4.79 Å². The average molecular weight is 280 g/mol. The minimum Gasteiger partial charge on any atom is -0.395 e. The molecule has 5 nitrogen and oxygen atoms in total. The second-order valence-electron chi connectivity index (χ2n) is 6.42. The normalized spacial score (nSPS) is 11.9. The van der Waals surface area contributed by atoms with Crippen LogP contribution in [0.4, 0.5) is 5.69 Å². The zero-order chi connectivity index (χ0) is 15.4. The van der Waals surface area contributed by atoms with E-state index < -0.39 is 0 Å². The van der Waals surface area contributed by atoms with Gasteiger partial charge >= 0.3 is 0 Å². The number of nitrogens with two attached hydrogens (primary N) is 1. The molecule has 1 amide bonds. The molecular formula is C15H28N4O. The van der Waals surface area contributed by atoms with Crippen molar-refractivity contribution >= 4 is 11.6 Å². The Labute approximate surface area is 121 Å². The van der Waals surface area contributed by atoms with Crippen LogP contribution in [0.2, 0.25) is 0 Å². The number of anilines is 1. The number of amides is 1. The summed E-state index contributed by atoms with van der Waals surface area (Å²) in [4.78, 5) is 12.2. The SMILES string of the molecule is CC(C)c1[nH]nc(C(=O)NCC(C(C)C)C(C)C)c1N. The molecule has 0 unspecified atom stereocenters. The molecule has 0 aromatic carbocycles. The van der Waals surface area contributed by atoms with E-state index in [2.05, 4.69) is 43.2 Å². The van der Waals surface area contributed by atoms with E-state index in [4.69, 9.17) is 5.73 Å². The number of nitrogens with zero attached hydrogens (tertiary/aromatic N) is 1. The van der Waals surface area contributed by atoms with Crippen LogP contribution in [-0.2, 0) is 0 Å². The van der Waals surface area contributed by atoms with E-state index in [0.717, 1.165) is 5.69 Å². The first-order valence-electron chi connectivity index (χ1n) is 7.37. The van der Waals surface area contributed by atoms with Gasteiger partial charge < -0.3 is 11.1 Å². The predicted molar refractivity (Wildman–Crippen MR) is 82.6 cm³/mol. The van der Waals surface area contributed by atoms with Crippen LogP contribution in [0.3, 0.4) is 0 Å². The second-order valence-corrected chi connectivity index (χ2v) is 6.42. The van der Waals surface area contributed by atoms with Crippen molar-refractivity contribution in [2.45, 2.75) is 47.5 Å². The van der Waals surface area contributed by atoms with Crippen molar-refractivity contribution in [3.05, 3.63) is 11.4 Å². The minimum absolute atomic E-state index is 0.197. The fraction of sp³-hybridized carbons (Fsp3) is 0.733. The molecule has 0 bridgehead atoms.